The van der Waals surface area contributed by atoms with Crippen LogP contribution >= 0.6 is 0 Å². The zero-order chi connectivity index (χ0) is 15.1. The number of aromatic nitrogens is 3. The third-order valence-corrected chi connectivity index (χ3v) is 3.80. The highest BCUT2D eigenvalue weighted by Gasteiger charge is 2.48. The molecule has 6 nitrogen and oxygen atoms in total. The number of hydrogen-bond acceptors (Lipinski definition) is 4. The van der Waals surface area contributed by atoms with Crippen LogP contribution in [0.1, 0.15) is 69.7 Å². The Morgan fingerprint density at radius 2 is 2.10 bits per heavy atom. The second-order valence-corrected chi connectivity index (χ2v) is 6.57. The Bertz CT molecular complexity index is 520. The van der Waals surface area contributed by atoms with Crippen molar-refractivity contribution in [2.45, 2.75) is 71.1 Å². The first-order valence-electron chi connectivity index (χ1n) is 7.05. The molecule has 1 aliphatic heterocycles. The molecule has 0 aromatic carbocycles. The Hall–Kier alpha value is -1.43. The highest BCUT2D eigenvalue weighted by molar-refractivity contribution is 5.86. The Balaban J connectivity index is 2.45. The lowest BCUT2D eigenvalue weighted by Gasteiger charge is -2.27. The molecule has 0 amide bonds. The lowest BCUT2D eigenvalue weighted by Crippen LogP contribution is -2.32. The van der Waals surface area contributed by atoms with Crippen LogP contribution in [-0.2, 0) is 11.2 Å². The Morgan fingerprint density at radius 3 is 2.55 bits per heavy atom. The second-order valence-electron chi connectivity index (χ2n) is 6.57. The predicted molar refractivity (Wildman–Crippen MR) is 73.9 cm³/mol. The summed E-state index contributed by atoms with van der Waals surface area (Å²) in [6, 6.07) is -0.000324. The van der Waals surface area contributed by atoms with Gasteiger partial charge in [0.25, 0.3) is 0 Å². The molecule has 1 saturated heterocycles. The molecule has 1 aliphatic rings. The van der Waals surface area contributed by atoms with Gasteiger partial charge in [-0.1, -0.05) is 18.6 Å². The van der Waals surface area contributed by atoms with Gasteiger partial charge in [0.05, 0.1) is 22.9 Å². The molecule has 2 heterocycles. The van der Waals surface area contributed by atoms with Crippen molar-refractivity contribution in [1.29, 1.82) is 0 Å². The number of rotatable bonds is 4. The van der Waals surface area contributed by atoms with Crippen molar-refractivity contribution in [3.8, 4) is 0 Å². The number of aromatic carboxylic acids is 1. The fraction of sp³-hybridized carbons (Fsp3) is 0.786. The molecule has 0 radical (unpaired) electrons. The molecule has 6 heteroatoms. The van der Waals surface area contributed by atoms with E-state index in [0.717, 1.165) is 12.8 Å². The van der Waals surface area contributed by atoms with Crippen molar-refractivity contribution in [2.24, 2.45) is 0 Å². The summed E-state index contributed by atoms with van der Waals surface area (Å²) in [7, 11) is 0. The molecule has 20 heavy (non-hydrogen) atoms. The van der Waals surface area contributed by atoms with Crippen LogP contribution in [0.2, 0.25) is 0 Å². The highest BCUT2D eigenvalue weighted by Crippen LogP contribution is 2.45. The number of carboxylic acids is 1. The molecule has 0 saturated carbocycles. The van der Waals surface area contributed by atoms with E-state index in [1.807, 2.05) is 34.6 Å². The van der Waals surface area contributed by atoms with Crippen LogP contribution < -0.4 is 0 Å². The van der Waals surface area contributed by atoms with E-state index in [-0.39, 0.29) is 17.3 Å². The van der Waals surface area contributed by atoms with Crippen molar-refractivity contribution >= 4 is 5.97 Å². The van der Waals surface area contributed by atoms with E-state index in [9.17, 15) is 9.90 Å². The molecule has 2 rings (SSSR count). The summed E-state index contributed by atoms with van der Waals surface area (Å²) in [4.78, 5) is 11.3. The molecule has 0 bridgehead atoms. The van der Waals surface area contributed by atoms with Gasteiger partial charge < -0.3 is 9.84 Å². The highest BCUT2D eigenvalue weighted by atomic mass is 16.5. The predicted octanol–water partition coefficient (Wildman–Crippen LogP) is 2.45. The molecule has 0 aliphatic carbocycles. The number of ether oxygens (including phenoxy) is 1. The van der Waals surface area contributed by atoms with E-state index >= 15 is 0 Å². The van der Waals surface area contributed by atoms with E-state index in [0.29, 0.717) is 12.1 Å². The molecule has 1 aromatic heterocycles. The first-order valence-corrected chi connectivity index (χ1v) is 7.05. The molecule has 0 spiro atoms. The summed E-state index contributed by atoms with van der Waals surface area (Å²) in [6.45, 7) is 10.1. The summed E-state index contributed by atoms with van der Waals surface area (Å²) in [6.07, 6.45) is 2.30. The van der Waals surface area contributed by atoms with Crippen LogP contribution in [0.3, 0.4) is 0 Å². The minimum Gasteiger partial charge on any atom is -0.476 e. The molecule has 1 fully saturated rings. The van der Waals surface area contributed by atoms with Crippen molar-refractivity contribution in [2.75, 3.05) is 0 Å². The van der Waals surface area contributed by atoms with Gasteiger partial charge >= 0.3 is 5.97 Å². The summed E-state index contributed by atoms with van der Waals surface area (Å²) >= 11 is 0. The first-order chi connectivity index (χ1) is 9.18. The maximum Gasteiger partial charge on any atom is 0.358 e. The maximum atomic E-state index is 11.3. The van der Waals surface area contributed by atoms with Gasteiger partial charge in [0.1, 0.15) is 0 Å². The zero-order valence-corrected chi connectivity index (χ0v) is 12.8. The van der Waals surface area contributed by atoms with Gasteiger partial charge in [-0.25, -0.2) is 9.48 Å². The first kappa shape index (κ1) is 15.0. The largest absolute Gasteiger partial charge is 0.476 e. The van der Waals surface area contributed by atoms with E-state index < -0.39 is 11.6 Å². The minimum absolute atomic E-state index is 0.000324. The lowest BCUT2D eigenvalue weighted by molar-refractivity contribution is -0.0740. The molecule has 1 atom stereocenters. The van der Waals surface area contributed by atoms with Gasteiger partial charge in [-0.15, -0.1) is 5.10 Å². The quantitative estimate of drug-likeness (QED) is 0.917. The van der Waals surface area contributed by atoms with Crippen LogP contribution in [0.15, 0.2) is 0 Å². The summed E-state index contributed by atoms with van der Waals surface area (Å²) in [5, 5.41) is 17.2. The van der Waals surface area contributed by atoms with Crippen LogP contribution in [0, 0.1) is 0 Å². The monoisotopic (exact) mass is 281 g/mol. The average Bonchev–Trinajstić information content (AvgIpc) is 2.77. The normalized spacial score (nSPS) is 23.9. The third-order valence-electron chi connectivity index (χ3n) is 3.80. The number of nitrogens with zero attached hydrogens (tertiary/aromatic N) is 3. The fourth-order valence-electron chi connectivity index (χ4n) is 3.11. The van der Waals surface area contributed by atoms with Gasteiger partial charge in [0.15, 0.2) is 5.69 Å². The molecule has 1 unspecified atom stereocenters. The van der Waals surface area contributed by atoms with Crippen molar-refractivity contribution in [3.63, 3.8) is 0 Å². The second kappa shape index (κ2) is 4.84. The van der Waals surface area contributed by atoms with Gasteiger partial charge in [-0.2, -0.15) is 0 Å². The standard InChI is InChI=1S/C14H23N3O3/c1-6-7-9-11(12(18)19)15-16-17(9)10-8-13(2,3)20-14(10,4)5/h10H,6-8H2,1-5H3,(H,18,19). The molecular formula is C14H23N3O3. The Labute approximate surface area is 119 Å². The SMILES string of the molecule is CCCc1c(C(=O)O)nnn1C1CC(C)(C)OC1(C)C. The summed E-state index contributed by atoms with van der Waals surface area (Å²) in [5.74, 6) is -1.02. The van der Waals surface area contributed by atoms with E-state index in [1.54, 1.807) is 4.68 Å². The molecule has 1 aromatic rings. The van der Waals surface area contributed by atoms with Gasteiger partial charge in [-0.05, 0) is 34.1 Å². The lowest BCUT2D eigenvalue weighted by atomic mass is 9.94. The minimum atomic E-state index is -1.02. The average molecular weight is 281 g/mol. The van der Waals surface area contributed by atoms with Crippen LogP contribution in [-0.4, -0.2) is 37.3 Å². The summed E-state index contributed by atoms with van der Waals surface area (Å²) < 4.78 is 7.84. The van der Waals surface area contributed by atoms with Gasteiger partial charge in [0, 0.05) is 6.42 Å². The molecule has 112 valence electrons. The number of hydrogen-bond donors (Lipinski definition) is 1. The van der Waals surface area contributed by atoms with E-state index in [4.69, 9.17) is 4.74 Å². The summed E-state index contributed by atoms with van der Waals surface area (Å²) in [5.41, 5.74) is 0.120. The van der Waals surface area contributed by atoms with Gasteiger partial charge in [-0.3, -0.25) is 0 Å². The van der Waals surface area contributed by atoms with Crippen LogP contribution in [0.4, 0.5) is 0 Å². The van der Waals surface area contributed by atoms with Crippen LogP contribution in [0.25, 0.3) is 0 Å². The third kappa shape index (κ3) is 2.57. The smallest absolute Gasteiger partial charge is 0.358 e. The molecule has 1 N–H and O–H groups in total. The maximum absolute atomic E-state index is 11.3. The fourth-order valence-corrected chi connectivity index (χ4v) is 3.11. The van der Waals surface area contributed by atoms with Crippen molar-refractivity contribution in [1.82, 2.24) is 15.0 Å². The van der Waals surface area contributed by atoms with E-state index in [2.05, 4.69) is 10.3 Å². The van der Waals surface area contributed by atoms with Crippen molar-refractivity contribution in [3.05, 3.63) is 11.4 Å². The van der Waals surface area contributed by atoms with E-state index in [1.165, 1.54) is 0 Å². The topological polar surface area (TPSA) is 77.2 Å². The number of carbonyl (C=O) groups is 1. The Morgan fingerprint density at radius 1 is 1.45 bits per heavy atom. The molecular weight excluding hydrogens is 258 g/mol. The zero-order valence-electron chi connectivity index (χ0n) is 12.8. The van der Waals surface area contributed by atoms with Gasteiger partial charge in [0.2, 0.25) is 0 Å². The number of carboxylic acid groups (broad SMARTS) is 1. The Kier molecular flexibility index (Phi) is 3.62. The van der Waals surface area contributed by atoms with Crippen molar-refractivity contribution < 1.29 is 14.6 Å². The van der Waals surface area contributed by atoms with Crippen LogP contribution in [0.5, 0.6) is 0 Å².